The fraction of sp³-hybridized carbons (Fsp3) is 0.455. The van der Waals surface area contributed by atoms with Crippen molar-refractivity contribution >= 4 is 23.4 Å². The topological polar surface area (TPSA) is 68.0 Å². The Hall–Kier alpha value is -1.28. The molecule has 19 heavy (non-hydrogen) atoms. The number of hydrogen-bond acceptors (Lipinski definition) is 4. The van der Waals surface area contributed by atoms with Crippen LogP contribution in [0.1, 0.15) is 12.1 Å². The standard InChI is InChI=1S/C11H14F3N3OS/c1-19-5-4-8(15)10(18)17-7-2-3-9(16-6-7)11(12,13)14/h2-3,6,8H,4-5,15H2,1H3,(H,17,18)/t8-/m1/s1. The molecule has 0 aliphatic heterocycles. The molecule has 0 aliphatic rings. The van der Waals surface area contributed by atoms with Crippen molar-refractivity contribution < 1.29 is 18.0 Å². The zero-order valence-electron chi connectivity index (χ0n) is 10.2. The third-order valence-corrected chi connectivity index (χ3v) is 2.94. The van der Waals surface area contributed by atoms with Gasteiger partial charge in [0.25, 0.3) is 0 Å². The van der Waals surface area contributed by atoms with E-state index in [0.717, 1.165) is 24.1 Å². The SMILES string of the molecule is CSCC[C@@H](N)C(=O)Nc1ccc(C(F)(F)F)nc1. The summed E-state index contributed by atoms with van der Waals surface area (Å²) in [6, 6.07) is 1.27. The van der Waals surface area contributed by atoms with Gasteiger partial charge < -0.3 is 11.1 Å². The molecular formula is C11H14F3N3OS. The monoisotopic (exact) mass is 293 g/mol. The fourth-order valence-corrected chi connectivity index (χ4v) is 1.74. The number of thioether (sulfide) groups is 1. The van der Waals surface area contributed by atoms with Crippen LogP contribution in [-0.2, 0) is 11.0 Å². The number of amides is 1. The van der Waals surface area contributed by atoms with Gasteiger partial charge in [0.2, 0.25) is 5.91 Å². The molecule has 1 rings (SSSR count). The van der Waals surface area contributed by atoms with Crippen LogP contribution in [0.5, 0.6) is 0 Å². The number of rotatable bonds is 5. The molecule has 3 N–H and O–H groups in total. The van der Waals surface area contributed by atoms with E-state index in [2.05, 4.69) is 10.3 Å². The maximum atomic E-state index is 12.3. The zero-order valence-corrected chi connectivity index (χ0v) is 11.0. The largest absolute Gasteiger partial charge is 0.433 e. The predicted octanol–water partition coefficient (Wildman–Crippen LogP) is 2.12. The van der Waals surface area contributed by atoms with Gasteiger partial charge in [-0.2, -0.15) is 24.9 Å². The van der Waals surface area contributed by atoms with Crippen molar-refractivity contribution in [3.05, 3.63) is 24.0 Å². The number of carbonyl (C=O) groups excluding carboxylic acids is 1. The van der Waals surface area contributed by atoms with Crippen LogP contribution < -0.4 is 11.1 Å². The maximum absolute atomic E-state index is 12.3. The lowest BCUT2D eigenvalue weighted by atomic mass is 10.2. The van der Waals surface area contributed by atoms with Gasteiger partial charge in [0.05, 0.1) is 17.9 Å². The van der Waals surface area contributed by atoms with E-state index >= 15 is 0 Å². The molecule has 4 nitrogen and oxygen atoms in total. The second-order valence-corrected chi connectivity index (χ2v) is 4.79. The van der Waals surface area contributed by atoms with Crippen LogP contribution in [0, 0.1) is 0 Å². The Kier molecular flexibility index (Phi) is 5.61. The van der Waals surface area contributed by atoms with E-state index in [9.17, 15) is 18.0 Å². The number of pyridine rings is 1. The first-order valence-electron chi connectivity index (χ1n) is 5.43. The quantitative estimate of drug-likeness (QED) is 0.872. The minimum atomic E-state index is -4.49. The van der Waals surface area contributed by atoms with Crippen LogP contribution in [0.2, 0.25) is 0 Å². The smallest absolute Gasteiger partial charge is 0.323 e. The summed E-state index contributed by atoms with van der Waals surface area (Å²) in [6.07, 6.45) is -1.13. The van der Waals surface area contributed by atoms with Gasteiger partial charge in [-0.05, 0) is 30.6 Å². The van der Waals surface area contributed by atoms with Crippen molar-refractivity contribution in [2.24, 2.45) is 5.73 Å². The Morgan fingerprint density at radius 1 is 1.53 bits per heavy atom. The normalized spacial score (nSPS) is 13.1. The highest BCUT2D eigenvalue weighted by Gasteiger charge is 2.32. The Morgan fingerprint density at radius 3 is 2.68 bits per heavy atom. The Bertz CT molecular complexity index is 422. The molecular weight excluding hydrogens is 279 g/mol. The van der Waals surface area contributed by atoms with E-state index in [-0.39, 0.29) is 5.69 Å². The molecule has 0 aliphatic carbocycles. The van der Waals surface area contributed by atoms with Crippen molar-refractivity contribution in [2.45, 2.75) is 18.6 Å². The molecule has 1 aromatic heterocycles. The molecule has 106 valence electrons. The van der Waals surface area contributed by atoms with Gasteiger partial charge in [-0.15, -0.1) is 0 Å². The number of alkyl halides is 3. The van der Waals surface area contributed by atoms with Crippen molar-refractivity contribution in [2.75, 3.05) is 17.3 Å². The second-order valence-electron chi connectivity index (χ2n) is 3.81. The van der Waals surface area contributed by atoms with Crippen molar-refractivity contribution in [3.8, 4) is 0 Å². The first-order valence-corrected chi connectivity index (χ1v) is 6.82. The molecule has 0 aromatic carbocycles. The third kappa shape index (κ3) is 5.07. The summed E-state index contributed by atoms with van der Waals surface area (Å²) >= 11 is 1.56. The first kappa shape index (κ1) is 15.8. The van der Waals surface area contributed by atoms with Crippen LogP contribution in [0.25, 0.3) is 0 Å². The zero-order chi connectivity index (χ0) is 14.5. The number of nitrogens with zero attached hydrogens (tertiary/aromatic N) is 1. The second kappa shape index (κ2) is 6.76. The molecule has 1 aromatic rings. The molecule has 0 saturated heterocycles. The molecule has 1 amide bonds. The number of anilines is 1. The summed E-state index contributed by atoms with van der Waals surface area (Å²) in [5.41, 5.74) is 4.81. The summed E-state index contributed by atoms with van der Waals surface area (Å²) in [7, 11) is 0. The van der Waals surface area contributed by atoms with E-state index in [0.29, 0.717) is 6.42 Å². The van der Waals surface area contributed by atoms with Crippen LogP contribution in [0.4, 0.5) is 18.9 Å². The highest BCUT2D eigenvalue weighted by molar-refractivity contribution is 7.98. The molecule has 0 saturated carbocycles. The van der Waals surface area contributed by atoms with Crippen molar-refractivity contribution in [3.63, 3.8) is 0 Å². The number of nitrogens with two attached hydrogens (primary N) is 1. The van der Waals surface area contributed by atoms with Crippen LogP contribution in [-0.4, -0.2) is 28.9 Å². The highest BCUT2D eigenvalue weighted by atomic mass is 32.2. The molecule has 0 radical (unpaired) electrons. The van der Waals surface area contributed by atoms with E-state index in [4.69, 9.17) is 5.73 Å². The molecule has 1 atom stereocenters. The number of nitrogens with one attached hydrogen (secondary N) is 1. The summed E-state index contributed by atoms with van der Waals surface area (Å²) in [5.74, 6) is 0.301. The number of halogens is 3. The van der Waals surface area contributed by atoms with Gasteiger partial charge in [-0.25, -0.2) is 4.98 Å². The van der Waals surface area contributed by atoms with Crippen LogP contribution in [0.15, 0.2) is 18.3 Å². The predicted molar refractivity (Wildman–Crippen MR) is 68.8 cm³/mol. The van der Waals surface area contributed by atoms with E-state index in [1.165, 1.54) is 0 Å². The van der Waals surface area contributed by atoms with E-state index < -0.39 is 23.8 Å². The van der Waals surface area contributed by atoms with Crippen molar-refractivity contribution in [1.82, 2.24) is 4.98 Å². The van der Waals surface area contributed by atoms with Crippen LogP contribution >= 0.6 is 11.8 Å². The minimum Gasteiger partial charge on any atom is -0.323 e. The lowest BCUT2D eigenvalue weighted by molar-refractivity contribution is -0.141. The van der Waals surface area contributed by atoms with E-state index in [1.54, 1.807) is 11.8 Å². The molecule has 0 fully saturated rings. The Balaban J connectivity index is 2.60. The fourth-order valence-electron chi connectivity index (χ4n) is 1.25. The van der Waals surface area contributed by atoms with Gasteiger partial charge in [-0.1, -0.05) is 0 Å². The Labute approximate surface area is 113 Å². The first-order chi connectivity index (χ1) is 8.84. The number of aromatic nitrogens is 1. The molecule has 0 bridgehead atoms. The number of hydrogen-bond donors (Lipinski definition) is 2. The average Bonchev–Trinajstić information content (AvgIpc) is 2.35. The molecule has 0 spiro atoms. The number of carbonyl (C=O) groups is 1. The van der Waals surface area contributed by atoms with Gasteiger partial charge in [-0.3, -0.25) is 4.79 Å². The summed E-state index contributed by atoms with van der Waals surface area (Å²) in [5, 5.41) is 2.43. The van der Waals surface area contributed by atoms with Gasteiger partial charge in [0.15, 0.2) is 0 Å². The van der Waals surface area contributed by atoms with Gasteiger partial charge >= 0.3 is 6.18 Å². The lowest BCUT2D eigenvalue weighted by Gasteiger charge is -2.12. The summed E-state index contributed by atoms with van der Waals surface area (Å²) < 4.78 is 36.8. The van der Waals surface area contributed by atoms with Gasteiger partial charge in [0.1, 0.15) is 5.69 Å². The van der Waals surface area contributed by atoms with E-state index in [1.807, 2.05) is 6.26 Å². The molecule has 8 heteroatoms. The molecule has 0 unspecified atom stereocenters. The Morgan fingerprint density at radius 2 is 2.21 bits per heavy atom. The van der Waals surface area contributed by atoms with Gasteiger partial charge in [0, 0.05) is 0 Å². The third-order valence-electron chi connectivity index (χ3n) is 2.29. The van der Waals surface area contributed by atoms with Crippen LogP contribution in [0.3, 0.4) is 0 Å². The maximum Gasteiger partial charge on any atom is 0.433 e. The summed E-state index contributed by atoms with van der Waals surface area (Å²) in [6.45, 7) is 0. The van der Waals surface area contributed by atoms with Crippen molar-refractivity contribution in [1.29, 1.82) is 0 Å². The average molecular weight is 293 g/mol. The minimum absolute atomic E-state index is 0.192. The molecule has 1 heterocycles. The summed E-state index contributed by atoms with van der Waals surface area (Å²) in [4.78, 5) is 14.8. The lowest BCUT2D eigenvalue weighted by Crippen LogP contribution is -2.36. The highest BCUT2D eigenvalue weighted by Crippen LogP contribution is 2.27.